The maximum atomic E-state index is 11.4. The van der Waals surface area contributed by atoms with Crippen LogP contribution in [0.1, 0.15) is 15.9 Å². The summed E-state index contributed by atoms with van der Waals surface area (Å²) in [5.74, 6) is -0.509. The van der Waals surface area contributed by atoms with Gasteiger partial charge in [-0.15, -0.1) is 0 Å². The molecule has 1 N–H and O–H groups in total. The molecule has 0 amide bonds. The van der Waals surface area contributed by atoms with E-state index in [1.807, 2.05) is 30.3 Å². The van der Waals surface area contributed by atoms with Crippen LogP contribution >= 0.6 is 15.9 Å². The number of hydrogen-bond donors (Lipinski definition) is 1. The van der Waals surface area contributed by atoms with Crippen molar-refractivity contribution in [3.63, 3.8) is 0 Å². The molecule has 18 heavy (non-hydrogen) atoms. The van der Waals surface area contributed by atoms with Crippen molar-refractivity contribution in [3.05, 3.63) is 41.5 Å². The van der Waals surface area contributed by atoms with E-state index in [1.165, 1.54) is 7.11 Å². The SMILES string of the molecule is COc1c(C(=O)O)c(CCBr)cc2ccccc12. The summed E-state index contributed by atoms with van der Waals surface area (Å²) in [6, 6.07) is 9.56. The molecule has 4 heteroatoms. The second-order valence-electron chi connectivity index (χ2n) is 3.91. The van der Waals surface area contributed by atoms with E-state index in [0.29, 0.717) is 12.2 Å². The summed E-state index contributed by atoms with van der Waals surface area (Å²) in [4.78, 5) is 11.4. The van der Waals surface area contributed by atoms with Crippen molar-refractivity contribution in [2.45, 2.75) is 6.42 Å². The fourth-order valence-corrected chi connectivity index (χ4v) is 2.54. The fraction of sp³-hybridized carbons (Fsp3) is 0.214. The largest absolute Gasteiger partial charge is 0.495 e. The van der Waals surface area contributed by atoms with Gasteiger partial charge in [-0.25, -0.2) is 4.79 Å². The molecule has 3 nitrogen and oxygen atoms in total. The van der Waals surface area contributed by atoms with E-state index in [2.05, 4.69) is 15.9 Å². The van der Waals surface area contributed by atoms with Gasteiger partial charge in [0.1, 0.15) is 11.3 Å². The maximum Gasteiger partial charge on any atom is 0.339 e. The average molecular weight is 309 g/mol. The van der Waals surface area contributed by atoms with Crippen molar-refractivity contribution in [1.82, 2.24) is 0 Å². The number of carboxylic acids is 1. The molecule has 0 heterocycles. The van der Waals surface area contributed by atoms with Gasteiger partial charge in [0.05, 0.1) is 7.11 Å². The number of alkyl halides is 1. The molecule has 0 unspecified atom stereocenters. The van der Waals surface area contributed by atoms with E-state index >= 15 is 0 Å². The third kappa shape index (κ3) is 2.20. The summed E-state index contributed by atoms with van der Waals surface area (Å²) in [7, 11) is 1.51. The van der Waals surface area contributed by atoms with E-state index in [9.17, 15) is 9.90 Å². The van der Waals surface area contributed by atoms with Gasteiger partial charge in [0.2, 0.25) is 0 Å². The van der Waals surface area contributed by atoms with Crippen LogP contribution in [0.25, 0.3) is 10.8 Å². The molecule has 2 aromatic rings. The highest BCUT2D eigenvalue weighted by molar-refractivity contribution is 9.09. The molecule has 0 aliphatic heterocycles. The van der Waals surface area contributed by atoms with Crippen LogP contribution in [0.15, 0.2) is 30.3 Å². The number of halogens is 1. The Morgan fingerprint density at radius 2 is 2.11 bits per heavy atom. The molecule has 0 saturated carbocycles. The number of benzene rings is 2. The first-order valence-electron chi connectivity index (χ1n) is 5.57. The molecule has 0 aromatic heterocycles. The van der Waals surface area contributed by atoms with Crippen molar-refractivity contribution in [1.29, 1.82) is 0 Å². The van der Waals surface area contributed by atoms with Crippen LogP contribution in [0.2, 0.25) is 0 Å². The van der Waals surface area contributed by atoms with Crippen LogP contribution < -0.4 is 4.74 Å². The second kappa shape index (κ2) is 5.40. The zero-order chi connectivity index (χ0) is 13.1. The number of carbonyl (C=O) groups is 1. The zero-order valence-electron chi connectivity index (χ0n) is 9.94. The van der Waals surface area contributed by atoms with Gasteiger partial charge in [-0.3, -0.25) is 0 Å². The standard InChI is InChI=1S/C14H13BrO3/c1-18-13-11-5-3-2-4-9(11)8-10(6-7-15)12(13)14(16)17/h2-5,8H,6-7H2,1H3,(H,16,17). The smallest absolute Gasteiger partial charge is 0.339 e. The van der Waals surface area contributed by atoms with Crippen molar-refractivity contribution >= 4 is 32.7 Å². The van der Waals surface area contributed by atoms with Crippen LogP contribution in [0.3, 0.4) is 0 Å². The van der Waals surface area contributed by atoms with E-state index < -0.39 is 5.97 Å². The molecular weight excluding hydrogens is 296 g/mol. The van der Waals surface area contributed by atoms with Gasteiger partial charge in [0.25, 0.3) is 0 Å². The lowest BCUT2D eigenvalue weighted by molar-refractivity contribution is 0.0692. The van der Waals surface area contributed by atoms with E-state index in [1.54, 1.807) is 0 Å². The summed E-state index contributed by atoms with van der Waals surface area (Å²) in [6.07, 6.45) is 0.656. The Balaban J connectivity index is 2.82. The lowest BCUT2D eigenvalue weighted by Crippen LogP contribution is -2.07. The molecule has 0 aliphatic carbocycles. The molecule has 0 aliphatic rings. The Hall–Kier alpha value is -1.55. The molecule has 0 saturated heterocycles. The summed E-state index contributed by atoms with van der Waals surface area (Å²) < 4.78 is 5.31. The summed E-state index contributed by atoms with van der Waals surface area (Å²) in [5.41, 5.74) is 1.05. The first-order valence-corrected chi connectivity index (χ1v) is 6.69. The molecular formula is C14H13BrO3. The first kappa shape index (κ1) is 12.9. The molecule has 0 atom stereocenters. The lowest BCUT2D eigenvalue weighted by atomic mass is 9.98. The first-order chi connectivity index (χ1) is 8.69. The molecule has 0 radical (unpaired) electrons. The Labute approximate surface area is 114 Å². The van der Waals surface area contributed by atoms with Gasteiger partial charge in [-0.05, 0) is 23.4 Å². The Morgan fingerprint density at radius 1 is 1.39 bits per heavy atom. The molecule has 94 valence electrons. The number of ether oxygens (including phenoxy) is 1. The van der Waals surface area contributed by atoms with Crippen LogP contribution in [0.4, 0.5) is 0 Å². The normalized spacial score (nSPS) is 10.6. The van der Waals surface area contributed by atoms with Crippen molar-refractivity contribution in [2.75, 3.05) is 12.4 Å². The van der Waals surface area contributed by atoms with Gasteiger partial charge in [-0.1, -0.05) is 40.2 Å². The minimum Gasteiger partial charge on any atom is -0.495 e. The Kier molecular flexibility index (Phi) is 3.87. The number of fused-ring (bicyclic) bond motifs is 1. The van der Waals surface area contributed by atoms with Gasteiger partial charge in [0.15, 0.2) is 0 Å². The average Bonchev–Trinajstić information content (AvgIpc) is 2.37. The summed E-state index contributed by atoms with van der Waals surface area (Å²) in [5, 5.41) is 11.9. The predicted octanol–water partition coefficient (Wildman–Crippen LogP) is 3.48. The third-order valence-corrected chi connectivity index (χ3v) is 3.26. The number of aromatic carboxylic acids is 1. The maximum absolute atomic E-state index is 11.4. The zero-order valence-corrected chi connectivity index (χ0v) is 11.5. The molecule has 0 spiro atoms. The molecule has 2 rings (SSSR count). The minimum absolute atomic E-state index is 0.260. The third-order valence-electron chi connectivity index (χ3n) is 2.87. The topological polar surface area (TPSA) is 46.5 Å². The highest BCUT2D eigenvalue weighted by Crippen LogP contribution is 2.33. The van der Waals surface area contributed by atoms with E-state index in [-0.39, 0.29) is 5.56 Å². The molecule has 2 aromatic carbocycles. The second-order valence-corrected chi connectivity index (χ2v) is 4.70. The lowest BCUT2D eigenvalue weighted by Gasteiger charge is -2.13. The highest BCUT2D eigenvalue weighted by Gasteiger charge is 2.19. The summed E-state index contributed by atoms with van der Waals surface area (Å²) >= 11 is 3.35. The Bertz CT molecular complexity index is 593. The van der Waals surface area contributed by atoms with Crippen molar-refractivity contribution in [3.8, 4) is 5.75 Å². The van der Waals surface area contributed by atoms with Crippen molar-refractivity contribution in [2.24, 2.45) is 0 Å². The molecule has 0 fully saturated rings. The number of rotatable bonds is 4. The Morgan fingerprint density at radius 3 is 2.72 bits per heavy atom. The van der Waals surface area contributed by atoms with Crippen molar-refractivity contribution < 1.29 is 14.6 Å². The van der Waals surface area contributed by atoms with Crippen LogP contribution in [-0.4, -0.2) is 23.5 Å². The fourth-order valence-electron chi connectivity index (χ4n) is 2.12. The van der Waals surface area contributed by atoms with Gasteiger partial charge < -0.3 is 9.84 Å². The number of aryl methyl sites for hydroxylation is 1. The van der Waals surface area contributed by atoms with E-state index in [0.717, 1.165) is 21.7 Å². The van der Waals surface area contributed by atoms with Crippen LogP contribution in [0.5, 0.6) is 5.75 Å². The van der Waals surface area contributed by atoms with Crippen LogP contribution in [0, 0.1) is 0 Å². The predicted molar refractivity (Wildman–Crippen MR) is 75.0 cm³/mol. The number of methoxy groups -OCH3 is 1. The highest BCUT2D eigenvalue weighted by atomic mass is 79.9. The van der Waals surface area contributed by atoms with Gasteiger partial charge in [-0.2, -0.15) is 0 Å². The number of hydrogen-bond acceptors (Lipinski definition) is 2. The van der Waals surface area contributed by atoms with Gasteiger partial charge in [0, 0.05) is 10.7 Å². The quantitative estimate of drug-likeness (QED) is 0.880. The van der Waals surface area contributed by atoms with E-state index in [4.69, 9.17) is 4.74 Å². The van der Waals surface area contributed by atoms with Crippen LogP contribution in [-0.2, 0) is 6.42 Å². The van der Waals surface area contributed by atoms with Gasteiger partial charge >= 0.3 is 5.97 Å². The summed E-state index contributed by atoms with van der Waals surface area (Å²) in [6.45, 7) is 0. The molecule has 0 bridgehead atoms. The monoisotopic (exact) mass is 308 g/mol. The minimum atomic E-state index is -0.950. The number of carboxylic acid groups (broad SMARTS) is 1.